The molecule has 6 atom stereocenters. The van der Waals surface area contributed by atoms with Crippen molar-refractivity contribution in [1.29, 1.82) is 0 Å². The van der Waals surface area contributed by atoms with Crippen LogP contribution in [0.5, 0.6) is 0 Å². The molecule has 6 unspecified atom stereocenters. The Morgan fingerprint density at radius 1 is 1.00 bits per heavy atom. The number of benzene rings is 2. The molecule has 4 rings (SSSR count). The highest BCUT2D eigenvalue weighted by Crippen LogP contribution is 2.36. The van der Waals surface area contributed by atoms with E-state index < -0.39 is 24.6 Å². The fourth-order valence-corrected chi connectivity index (χ4v) is 3.86. The van der Waals surface area contributed by atoms with Gasteiger partial charge in [-0.1, -0.05) is 60.7 Å². The van der Waals surface area contributed by atoms with Crippen LogP contribution in [0.15, 0.2) is 60.7 Å². The number of esters is 1. The Bertz CT molecular complexity index is 796. The van der Waals surface area contributed by atoms with Crippen LogP contribution < -0.4 is 0 Å². The summed E-state index contributed by atoms with van der Waals surface area (Å²) < 4.78 is 30.1. The first-order valence-corrected chi connectivity index (χ1v) is 9.92. The van der Waals surface area contributed by atoms with Crippen molar-refractivity contribution in [2.24, 2.45) is 0 Å². The van der Waals surface area contributed by atoms with Gasteiger partial charge in [0.15, 0.2) is 12.4 Å². The van der Waals surface area contributed by atoms with Gasteiger partial charge in [0.25, 0.3) is 0 Å². The number of hydrogen-bond acceptors (Lipinski definition) is 6. The Labute approximate surface area is 170 Å². The second-order valence-corrected chi connectivity index (χ2v) is 7.39. The maximum absolute atomic E-state index is 11.7. The zero-order valence-corrected chi connectivity index (χ0v) is 16.6. The molecule has 0 N–H and O–H groups in total. The number of ether oxygens (including phenoxy) is 5. The van der Waals surface area contributed by atoms with Gasteiger partial charge in [-0.2, -0.15) is 0 Å². The summed E-state index contributed by atoms with van der Waals surface area (Å²) in [6.45, 7) is 4.04. The van der Waals surface area contributed by atoms with Crippen LogP contribution in [0, 0.1) is 0 Å². The van der Waals surface area contributed by atoms with E-state index in [0.717, 1.165) is 11.1 Å². The highest BCUT2D eigenvalue weighted by atomic mass is 16.7. The van der Waals surface area contributed by atoms with Crippen LogP contribution in [0.4, 0.5) is 0 Å². The molecule has 0 aromatic heterocycles. The lowest BCUT2D eigenvalue weighted by Gasteiger charge is -2.48. The van der Waals surface area contributed by atoms with Crippen molar-refractivity contribution < 1.29 is 28.5 Å². The molecule has 2 aromatic carbocycles. The van der Waals surface area contributed by atoms with E-state index in [1.54, 1.807) is 0 Å². The van der Waals surface area contributed by atoms with Crippen LogP contribution >= 0.6 is 0 Å². The molecule has 2 saturated heterocycles. The van der Waals surface area contributed by atoms with E-state index in [-0.39, 0.29) is 18.2 Å². The molecule has 2 aromatic rings. The first-order valence-electron chi connectivity index (χ1n) is 9.92. The summed E-state index contributed by atoms with van der Waals surface area (Å²) in [4.78, 5) is 11.7. The first-order chi connectivity index (χ1) is 14.1. The molecule has 2 heterocycles. The van der Waals surface area contributed by atoms with Gasteiger partial charge in [0.1, 0.15) is 18.3 Å². The van der Waals surface area contributed by atoms with Gasteiger partial charge in [-0.15, -0.1) is 0 Å². The zero-order chi connectivity index (χ0) is 20.2. The largest absolute Gasteiger partial charge is 0.457 e. The van der Waals surface area contributed by atoms with Crippen molar-refractivity contribution in [2.45, 2.75) is 57.3 Å². The Hall–Kier alpha value is -2.25. The molecule has 2 aliphatic heterocycles. The van der Waals surface area contributed by atoms with E-state index in [1.165, 1.54) is 6.92 Å². The van der Waals surface area contributed by atoms with E-state index in [4.69, 9.17) is 23.7 Å². The summed E-state index contributed by atoms with van der Waals surface area (Å²) in [5.41, 5.74) is 1.96. The number of fused-ring (bicyclic) bond motifs is 1. The van der Waals surface area contributed by atoms with Crippen molar-refractivity contribution in [3.8, 4) is 0 Å². The van der Waals surface area contributed by atoms with Crippen LogP contribution in [0.25, 0.3) is 0 Å². The minimum Gasteiger partial charge on any atom is -0.457 e. The minimum absolute atomic E-state index is 0.294. The van der Waals surface area contributed by atoms with Crippen LogP contribution in [0.2, 0.25) is 0 Å². The topological polar surface area (TPSA) is 63.2 Å². The summed E-state index contributed by atoms with van der Waals surface area (Å²) in [5, 5.41) is 0. The van der Waals surface area contributed by atoms with Gasteiger partial charge >= 0.3 is 5.97 Å². The number of carbonyl (C=O) groups excluding carboxylic acids is 1. The Balaban J connectivity index is 1.56. The summed E-state index contributed by atoms with van der Waals surface area (Å²) in [5.74, 6) is -0.371. The number of hydrogen-bond donors (Lipinski definition) is 0. The molecule has 29 heavy (non-hydrogen) atoms. The van der Waals surface area contributed by atoms with E-state index >= 15 is 0 Å². The quantitative estimate of drug-likeness (QED) is 0.720. The van der Waals surface area contributed by atoms with E-state index in [2.05, 4.69) is 0 Å². The van der Waals surface area contributed by atoms with Gasteiger partial charge in [0.2, 0.25) is 0 Å². The van der Waals surface area contributed by atoms with Gasteiger partial charge in [-0.25, -0.2) is 0 Å². The Morgan fingerprint density at radius 3 is 2.38 bits per heavy atom. The fraction of sp³-hybridized carbons (Fsp3) is 0.435. The molecule has 0 spiro atoms. The minimum atomic E-state index is -0.563. The molecular weight excluding hydrogens is 372 g/mol. The van der Waals surface area contributed by atoms with Crippen molar-refractivity contribution in [3.63, 3.8) is 0 Å². The molecule has 0 saturated carbocycles. The first kappa shape index (κ1) is 20.0. The maximum Gasteiger partial charge on any atom is 0.303 e. The summed E-state index contributed by atoms with van der Waals surface area (Å²) in [6, 6.07) is 19.6. The monoisotopic (exact) mass is 398 g/mol. The van der Waals surface area contributed by atoms with Gasteiger partial charge in [0, 0.05) is 12.5 Å². The molecule has 6 nitrogen and oxygen atoms in total. The molecule has 0 amide bonds. The summed E-state index contributed by atoms with van der Waals surface area (Å²) in [6.07, 6.45) is -2.60. The highest BCUT2D eigenvalue weighted by molar-refractivity contribution is 5.66. The van der Waals surface area contributed by atoms with Crippen molar-refractivity contribution in [3.05, 3.63) is 71.8 Å². The molecule has 2 aliphatic rings. The van der Waals surface area contributed by atoms with Crippen LogP contribution in [-0.2, 0) is 35.1 Å². The number of rotatable bonds is 5. The third kappa shape index (κ3) is 4.67. The SMILES string of the molecule is CC(=O)OC1C(C)OC2COC(c3ccccc3)OC2C1OCc1ccccc1. The molecule has 6 heteroatoms. The standard InChI is InChI=1S/C23H26O6/c1-15-20(28-16(2)24)22(25-13-17-9-5-3-6-10-17)21-19(27-15)14-26-23(29-21)18-11-7-4-8-12-18/h3-12,15,19-23H,13-14H2,1-2H3. The van der Waals surface area contributed by atoms with Gasteiger partial charge in [-0.3, -0.25) is 4.79 Å². The van der Waals surface area contributed by atoms with Crippen molar-refractivity contribution in [1.82, 2.24) is 0 Å². The lowest BCUT2D eigenvalue weighted by molar-refractivity contribution is -0.333. The third-order valence-corrected chi connectivity index (χ3v) is 5.22. The van der Waals surface area contributed by atoms with Crippen molar-refractivity contribution >= 4 is 5.97 Å². The molecule has 154 valence electrons. The molecule has 2 fully saturated rings. The second kappa shape index (κ2) is 9.05. The molecular formula is C23H26O6. The zero-order valence-electron chi connectivity index (χ0n) is 16.6. The van der Waals surface area contributed by atoms with Crippen LogP contribution in [0.1, 0.15) is 31.3 Å². The van der Waals surface area contributed by atoms with Gasteiger partial charge in [-0.05, 0) is 12.5 Å². The predicted octanol–water partition coefficient (Wildman–Crippen LogP) is 3.41. The molecule has 0 radical (unpaired) electrons. The van der Waals surface area contributed by atoms with Crippen molar-refractivity contribution in [2.75, 3.05) is 6.61 Å². The highest BCUT2D eigenvalue weighted by Gasteiger charge is 2.50. The molecule has 0 bridgehead atoms. The van der Waals surface area contributed by atoms with Gasteiger partial charge in [0.05, 0.1) is 19.3 Å². The Morgan fingerprint density at radius 2 is 1.69 bits per heavy atom. The fourth-order valence-electron chi connectivity index (χ4n) is 3.86. The lowest BCUT2D eigenvalue weighted by atomic mass is 9.94. The Kier molecular flexibility index (Phi) is 6.25. The average Bonchev–Trinajstić information content (AvgIpc) is 2.74. The van der Waals surface area contributed by atoms with Crippen LogP contribution in [-0.4, -0.2) is 43.1 Å². The number of carbonyl (C=O) groups is 1. The smallest absolute Gasteiger partial charge is 0.303 e. The summed E-state index contributed by atoms with van der Waals surface area (Å²) in [7, 11) is 0. The average molecular weight is 398 g/mol. The maximum atomic E-state index is 11.7. The predicted molar refractivity (Wildman–Crippen MR) is 105 cm³/mol. The molecule has 0 aliphatic carbocycles. The van der Waals surface area contributed by atoms with E-state index in [9.17, 15) is 4.79 Å². The lowest BCUT2D eigenvalue weighted by Crippen LogP contribution is -2.62. The second-order valence-electron chi connectivity index (χ2n) is 7.39. The van der Waals surface area contributed by atoms with Crippen LogP contribution in [0.3, 0.4) is 0 Å². The van der Waals surface area contributed by atoms with E-state index in [1.807, 2.05) is 67.6 Å². The normalized spacial score (nSPS) is 31.7. The van der Waals surface area contributed by atoms with E-state index in [0.29, 0.717) is 13.2 Å². The third-order valence-electron chi connectivity index (χ3n) is 5.22. The van der Waals surface area contributed by atoms with Gasteiger partial charge < -0.3 is 23.7 Å². The summed E-state index contributed by atoms with van der Waals surface area (Å²) >= 11 is 0.